The van der Waals surface area contributed by atoms with Gasteiger partial charge in [-0.3, -0.25) is 9.69 Å². The molecule has 0 aliphatic carbocycles. The molecule has 1 unspecified atom stereocenters. The first-order chi connectivity index (χ1) is 16.5. The first kappa shape index (κ1) is 25.8. The van der Waals surface area contributed by atoms with E-state index in [1.165, 1.54) is 18.3 Å². The van der Waals surface area contributed by atoms with Gasteiger partial charge in [-0.25, -0.2) is 17.5 Å². The summed E-state index contributed by atoms with van der Waals surface area (Å²) in [7, 11) is -2.27. The van der Waals surface area contributed by atoms with Crippen LogP contribution in [0.3, 0.4) is 0 Å². The fraction of sp³-hybridized carbons (Fsp3) is 0.600. The van der Waals surface area contributed by atoms with Crippen LogP contribution in [-0.2, 0) is 32.3 Å². The summed E-state index contributed by atoms with van der Waals surface area (Å²) >= 11 is 0. The molecule has 0 spiro atoms. The molecule has 10 heteroatoms. The van der Waals surface area contributed by atoms with Crippen LogP contribution in [-0.4, -0.2) is 73.6 Å². The lowest BCUT2D eigenvalue weighted by molar-refractivity contribution is -0.116. The van der Waals surface area contributed by atoms with Crippen molar-refractivity contribution in [2.75, 3.05) is 32.6 Å². The first-order valence-corrected chi connectivity index (χ1v) is 13.7. The molecule has 3 heterocycles. The number of carbonyl (C=O) groups excluding carboxylic acids is 1. The monoisotopic (exact) mass is 507 g/mol. The van der Waals surface area contributed by atoms with E-state index in [-0.39, 0.29) is 47.0 Å². The molecule has 2 aliphatic rings. The topological polar surface area (TPSA) is 90.7 Å². The first-order valence-electron chi connectivity index (χ1n) is 12.0. The van der Waals surface area contributed by atoms with Gasteiger partial charge in [-0.2, -0.15) is 5.10 Å². The highest BCUT2D eigenvalue weighted by molar-refractivity contribution is 7.92. The molecule has 0 saturated carbocycles. The minimum atomic E-state index is -3.96. The average molecular weight is 508 g/mol. The summed E-state index contributed by atoms with van der Waals surface area (Å²) in [6.45, 7) is 10.2. The van der Waals surface area contributed by atoms with Crippen LogP contribution in [0.15, 0.2) is 23.2 Å². The number of benzene rings is 1. The number of ketones is 1. The van der Waals surface area contributed by atoms with Crippen molar-refractivity contribution in [3.63, 3.8) is 0 Å². The molecular weight excluding hydrogens is 473 g/mol. The largest absolute Gasteiger partial charge is 0.475 e. The van der Waals surface area contributed by atoms with Crippen LogP contribution >= 0.6 is 0 Å². The Balaban J connectivity index is 1.50. The fourth-order valence-electron chi connectivity index (χ4n) is 4.86. The van der Waals surface area contributed by atoms with E-state index in [9.17, 15) is 17.6 Å². The second kappa shape index (κ2) is 9.99. The highest BCUT2D eigenvalue weighted by atomic mass is 32.2. The molecule has 8 nitrogen and oxygen atoms in total. The fourth-order valence-corrected chi connectivity index (χ4v) is 6.18. The Morgan fingerprint density at radius 1 is 1.17 bits per heavy atom. The van der Waals surface area contributed by atoms with Crippen molar-refractivity contribution in [1.82, 2.24) is 14.7 Å². The zero-order valence-electron chi connectivity index (χ0n) is 21.0. The third-order valence-electron chi connectivity index (χ3n) is 6.87. The Morgan fingerprint density at radius 3 is 2.37 bits per heavy atom. The van der Waals surface area contributed by atoms with Crippen LogP contribution in [0.5, 0.6) is 5.88 Å². The molecule has 4 rings (SSSR count). The molecule has 2 aliphatic heterocycles. The van der Waals surface area contributed by atoms with Crippen LogP contribution in [0.2, 0.25) is 0 Å². The number of aromatic nitrogens is 2. The summed E-state index contributed by atoms with van der Waals surface area (Å²) in [6.07, 6.45) is 1.41. The summed E-state index contributed by atoms with van der Waals surface area (Å²) in [5, 5.41) is 4.23. The maximum Gasteiger partial charge on any atom is 0.231 e. The van der Waals surface area contributed by atoms with E-state index >= 15 is 0 Å². The maximum atomic E-state index is 14.2. The second-order valence-corrected chi connectivity index (χ2v) is 12.1. The Kier molecular flexibility index (Phi) is 7.36. The van der Waals surface area contributed by atoms with Crippen molar-refractivity contribution in [3.8, 4) is 5.88 Å². The number of ether oxygens (including phenoxy) is 2. The zero-order valence-corrected chi connectivity index (χ0v) is 21.8. The molecule has 2 aromatic rings. The lowest BCUT2D eigenvalue weighted by Crippen LogP contribution is -2.59. The van der Waals surface area contributed by atoms with Gasteiger partial charge in [-0.05, 0) is 40.7 Å². The number of fused-ring (bicyclic) bond motifs is 1. The quantitative estimate of drug-likeness (QED) is 0.515. The lowest BCUT2D eigenvalue weighted by atomic mass is 9.86. The number of carbonyl (C=O) groups is 1. The Morgan fingerprint density at radius 2 is 1.80 bits per heavy atom. The van der Waals surface area contributed by atoms with E-state index in [1.54, 1.807) is 11.8 Å². The summed E-state index contributed by atoms with van der Waals surface area (Å²) < 4.78 is 53.3. The number of methoxy groups -OCH3 is 1. The highest BCUT2D eigenvalue weighted by Crippen LogP contribution is 2.32. The molecule has 0 N–H and O–H groups in total. The molecule has 35 heavy (non-hydrogen) atoms. The third kappa shape index (κ3) is 5.29. The van der Waals surface area contributed by atoms with Crippen molar-refractivity contribution in [2.24, 2.45) is 0 Å². The van der Waals surface area contributed by atoms with E-state index in [0.717, 1.165) is 29.8 Å². The summed E-state index contributed by atoms with van der Waals surface area (Å²) in [5.41, 5.74) is 2.19. The van der Waals surface area contributed by atoms with Gasteiger partial charge >= 0.3 is 0 Å². The van der Waals surface area contributed by atoms with Gasteiger partial charge in [-0.1, -0.05) is 27.7 Å². The van der Waals surface area contributed by atoms with Crippen LogP contribution < -0.4 is 4.74 Å². The molecule has 1 fully saturated rings. The Labute approximate surface area is 206 Å². The zero-order chi connectivity index (χ0) is 25.5. The number of hydrogen-bond acceptors (Lipinski definition) is 7. The van der Waals surface area contributed by atoms with Crippen molar-refractivity contribution >= 4 is 15.6 Å². The number of nitrogens with zero attached hydrogens (tertiary/aromatic N) is 3. The highest BCUT2D eigenvalue weighted by Gasteiger charge is 2.37. The van der Waals surface area contributed by atoms with Gasteiger partial charge in [0.25, 0.3) is 0 Å². The van der Waals surface area contributed by atoms with E-state index in [4.69, 9.17) is 9.47 Å². The summed E-state index contributed by atoms with van der Waals surface area (Å²) in [5.74, 6) is -1.27. The maximum absolute atomic E-state index is 14.2. The van der Waals surface area contributed by atoms with Crippen molar-refractivity contribution in [2.45, 2.75) is 69.5 Å². The SMILES string of the molecule is COC1CN(C2COc3c(S(=O)(=O)CC(=O)Cc4c(C(C)C)cc(F)cc4C(C)C)cnn3C2)C1. The number of halogens is 1. The number of hydrogen-bond donors (Lipinski definition) is 0. The van der Waals surface area contributed by atoms with Crippen LogP contribution in [0.1, 0.15) is 56.2 Å². The van der Waals surface area contributed by atoms with Gasteiger partial charge in [0.1, 0.15) is 23.1 Å². The van der Waals surface area contributed by atoms with E-state index in [1.807, 2.05) is 27.7 Å². The summed E-state index contributed by atoms with van der Waals surface area (Å²) in [6, 6.07) is 2.98. The van der Waals surface area contributed by atoms with Gasteiger partial charge < -0.3 is 9.47 Å². The number of sulfone groups is 1. The van der Waals surface area contributed by atoms with Gasteiger partial charge in [0, 0.05) is 26.6 Å². The standard InChI is InChI=1S/C25H34FN3O5S/c1-15(2)21-6-17(26)7-22(16(3)4)23(21)8-19(30)14-35(31,32)24-9-27-29-10-18(13-34-25(24)29)28-11-20(12-28)33-5/h6-7,9,15-16,18,20H,8,10-14H2,1-5H3. The number of likely N-dealkylation sites (tertiary alicyclic amines) is 1. The summed E-state index contributed by atoms with van der Waals surface area (Å²) in [4.78, 5) is 15.2. The van der Waals surface area contributed by atoms with Crippen molar-refractivity contribution in [1.29, 1.82) is 0 Å². The lowest BCUT2D eigenvalue weighted by Gasteiger charge is -2.44. The van der Waals surface area contributed by atoms with Gasteiger partial charge in [0.05, 0.1) is 24.9 Å². The Hall–Kier alpha value is -2.30. The molecule has 0 amide bonds. The molecular formula is C25H34FN3O5S. The van der Waals surface area contributed by atoms with Gasteiger partial charge in [-0.15, -0.1) is 0 Å². The molecule has 1 aromatic heterocycles. The predicted octanol–water partition coefficient (Wildman–Crippen LogP) is 2.95. The third-order valence-corrected chi connectivity index (χ3v) is 8.52. The van der Waals surface area contributed by atoms with Crippen LogP contribution in [0.25, 0.3) is 0 Å². The van der Waals surface area contributed by atoms with Gasteiger partial charge in [0.2, 0.25) is 5.88 Å². The average Bonchev–Trinajstić information content (AvgIpc) is 3.17. The van der Waals surface area contributed by atoms with Gasteiger partial charge in [0.15, 0.2) is 15.6 Å². The van der Waals surface area contributed by atoms with E-state index in [0.29, 0.717) is 13.2 Å². The molecule has 1 atom stereocenters. The van der Waals surface area contributed by atoms with Crippen LogP contribution in [0.4, 0.5) is 4.39 Å². The smallest absolute Gasteiger partial charge is 0.231 e. The predicted molar refractivity (Wildman–Crippen MR) is 129 cm³/mol. The van der Waals surface area contributed by atoms with Crippen LogP contribution in [0, 0.1) is 5.82 Å². The molecule has 0 radical (unpaired) electrons. The molecule has 1 aromatic carbocycles. The minimum absolute atomic E-state index is 0.00257. The number of rotatable bonds is 9. The Bertz CT molecular complexity index is 1170. The molecule has 1 saturated heterocycles. The van der Waals surface area contributed by atoms with E-state index in [2.05, 4.69) is 10.00 Å². The van der Waals surface area contributed by atoms with E-state index < -0.39 is 21.4 Å². The second-order valence-electron chi connectivity index (χ2n) is 10.1. The molecule has 0 bridgehead atoms. The van der Waals surface area contributed by atoms with Crippen molar-refractivity contribution < 1.29 is 27.1 Å². The number of Topliss-reactive ketones (excluding diaryl/α,β-unsaturated/α-hetero) is 1. The van der Waals surface area contributed by atoms with Crippen molar-refractivity contribution in [3.05, 3.63) is 40.8 Å². The molecule has 192 valence electrons. The minimum Gasteiger partial charge on any atom is -0.475 e. The normalized spacial score (nSPS) is 19.0.